The third-order valence-corrected chi connectivity index (χ3v) is 5.45. The molecule has 1 fully saturated rings. The van der Waals surface area contributed by atoms with Crippen LogP contribution in [0.4, 0.5) is 0 Å². The van der Waals surface area contributed by atoms with Crippen molar-refractivity contribution in [3.8, 4) is 11.5 Å². The van der Waals surface area contributed by atoms with Gasteiger partial charge in [0, 0.05) is 17.8 Å². The van der Waals surface area contributed by atoms with Crippen molar-refractivity contribution in [2.75, 3.05) is 18.9 Å². The zero-order valence-electron chi connectivity index (χ0n) is 15.5. The predicted molar refractivity (Wildman–Crippen MR) is 107 cm³/mol. The normalized spacial score (nSPS) is 20.5. The van der Waals surface area contributed by atoms with E-state index >= 15 is 0 Å². The number of benzene rings is 1. The molecule has 140 valence electrons. The summed E-state index contributed by atoms with van der Waals surface area (Å²) < 4.78 is 5.44. The number of ether oxygens (including phenoxy) is 1. The molecule has 1 saturated carbocycles. The van der Waals surface area contributed by atoms with E-state index in [2.05, 4.69) is 36.2 Å². The van der Waals surface area contributed by atoms with Crippen molar-refractivity contribution < 1.29 is 9.84 Å². The molecule has 0 saturated heterocycles. The Morgan fingerprint density at radius 2 is 2.16 bits per heavy atom. The van der Waals surface area contributed by atoms with Crippen LogP contribution in [0.1, 0.15) is 45.6 Å². The Labute approximate surface area is 155 Å². The van der Waals surface area contributed by atoms with Gasteiger partial charge in [0.05, 0.1) is 13.2 Å². The first kappa shape index (κ1) is 19.8. The van der Waals surface area contributed by atoms with Crippen LogP contribution in [0.15, 0.2) is 23.2 Å². The lowest BCUT2D eigenvalue weighted by molar-refractivity contribution is 0.318. The summed E-state index contributed by atoms with van der Waals surface area (Å²) in [5.74, 6) is 2.74. The average molecular weight is 366 g/mol. The maximum absolute atomic E-state index is 9.80. The number of thioether (sulfide) groups is 1. The zero-order valence-corrected chi connectivity index (χ0v) is 16.4. The van der Waals surface area contributed by atoms with Gasteiger partial charge in [-0.15, -0.1) is 0 Å². The zero-order chi connectivity index (χ0) is 18.1. The van der Waals surface area contributed by atoms with E-state index in [4.69, 9.17) is 9.73 Å². The summed E-state index contributed by atoms with van der Waals surface area (Å²) in [6.07, 6.45) is 3.69. The number of hydrogen-bond donors (Lipinski definition) is 3. The van der Waals surface area contributed by atoms with E-state index in [0.29, 0.717) is 24.9 Å². The van der Waals surface area contributed by atoms with Gasteiger partial charge in [0.2, 0.25) is 0 Å². The quantitative estimate of drug-likeness (QED) is 0.486. The predicted octanol–water partition coefficient (Wildman–Crippen LogP) is 3.52. The summed E-state index contributed by atoms with van der Waals surface area (Å²) in [5, 5.41) is 17.5. The minimum atomic E-state index is 0.171. The number of nitrogens with one attached hydrogen (secondary N) is 2. The topological polar surface area (TPSA) is 65.9 Å². The van der Waals surface area contributed by atoms with Crippen LogP contribution in [0.5, 0.6) is 11.5 Å². The van der Waals surface area contributed by atoms with Crippen molar-refractivity contribution in [3.05, 3.63) is 23.8 Å². The third kappa shape index (κ3) is 6.34. The molecule has 2 atom stereocenters. The lowest BCUT2D eigenvalue weighted by Crippen LogP contribution is -2.42. The van der Waals surface area contributed by atoms with Crippen LogP contribution < -0.4 is 15.4 Å². The first-order valence-corrected chi connectivity index (χ1v) is 10.3. The Bertz CT molecular complexity index is 566. The molecule has 5 nitrogen and oxygen atoms in total. The smallest absolute Gasteiger partial charge is 0.191 e. The molecule has 0 amide bonds. The van der Waals surface area contributed by atoms with Crippen molar-refractivity contribution in [2.24, 2.45) is 4.99 Å². The van der Waals surface area contributed by atoms with E-state index in [-0.39, 0.29) is 5.75 Å². The van der Waals surface area contributed by atoms with Crippen molar-refractivity contribution in [1.82, 2.24) is 10.6 Å². The van der Waals surface area contributed by atoms with Crippen molar-refractivity contribution >= 4 is 17.7 Å². The highest BCUT2D eigenvalue weighted by atomic mass is 32.2. The van der Waals surface area contributed by atoms with Gasteiger partial charge in [-0.3, -0.25) is 0 Å². The molecular weight excluding hydrogens is 334 g/mol. The van der Waals surface area contributed by atoms with Crippen LogP contribution in [0.2, 0.25) is 0 Å². The van der Waals surface area contributed by atoms with Crippen LogP contribution in [-0.4, -0.2) is 41.3 Å². The fourth-order valence-corrected chi connectivity index (χ4v) is 4.21. The highest BCUT2D eigenvalue weighted by Gasteiger charge is 2.25. The van der Waals surface area contributed by atoms with Crippen molar-refractivity contribution in [3.63, 3.8) is 0 Å². The van der Waals surface area contributed by atoms with Gasteiger partial charge in [-0.25, -0.2) is 4.99 Å². The number of phenolic OH excluding ortho intramolecular Hbond substituents is 1. The molecule has 1 aromatic rings. The standard InChI is InChI=1S/C19H31N3O2S/c1-4-20-19(22-15-8-9-16(12-15)25-6-3)21-13-14-7-10-17(23)18(11-14)24-5-2/h7,10-11,15-16,23H,4-6,8-9,12-13H2,1-3H3,(H2,20,21,22). The molecule has 1 aliphatic rings. The molecular formula is C19H31N3O2S. The molecule has 0 aromatic heterocycles. The molecule has 0 bridgehead atoms. The lowest BCUT2D eigenvalue weighted by atomic mass is 10.2. The minimum Gasteiger partial charge on any atom is -0.504 e. The molecule has 1 aliphatic carbocycles. The van der Waals surface area contributed by atoms with Gasteiger partial charge >= 0.3 is 0 Å². The summed E-state index contributed by atoms with van der Waals surface area (Å²) in [6.45, 7) is 8.13. The number of hydrogen-bond acceptors (Lipinski definition) is 4. The number of nitrogens with zero attached hydrogens (tertiary/aromatic N) is 1. The monoisotopic (exact) mass is 365 g/mol. The highest BCUT2D eigenvalue weighted by molar-refractivity contribution is 7.99. The van der Waals surface area contributed by atoms with E-state index in [1.54, 1.807) is 6.07 Å². The van der Waals surface area contributed by atoms with E-state index in [9.17, 15) is 5.11 Å². The SMILES string of the molecule is CCNC(=NCc1ccc(O)c(OCC)c1)NC1CCC(SCC)C1. The Morgan fingerprint density at radius 3 is 2.88 bits per heavy atom. The van der Waals surface area contributed by atoms with Crippen LogP contribution in [-0.2, 0) is 6.54 Å². The van der Waals surface area contributed by atoms with Gasteiger partial charge in [-0.2, -0.15) is 11.8 Å². The van der Waals surface area contributed by atoms with E-state index in [1.165, 1.54) is 25.0 Å². The Hall–Kier alpha value is -1.56. The Kier molecular flexibility index (Phi) is 8.25. The number of aromatic hydroxyl groups is 1. The molecule has 1 aromatic carbocycles. The minimum absolute atomic E-state index is 0.171. The van der Waals surface area contributed by atoms with Crippen LogP contribution in [0.3, 0.4) is 0 Å². The summed E-state index contributed by atoms with van der Waals surface area (Å²) in [5.41, 5.74) is 1.02. The number of phenols is 1. The maximum Gasteiger partial charge on any atom is 0.191 e. The second-order valence-corrected chi connectivity index (χ2v) is 7.74. The summed E-state index contributed by atoms with van der Waals surface area (Å²) in [7, 11) is 0. The summed E-state index contributed by atoms with van der Waals surface area (Å²) in [6, 6.07) is 5.91. The Morgan fingerprint density at radius 1 is 1.32 bits per heavy atom. The second-order valence-electron chi connectivity index (χ2n) is 6.16. The largest absolute Gasteiger partial charge is 0.504 e. The fraction of sp³-hybridized carbons (Fsp3) is 0.632. The average Bonchev–Trinajstić information content (AvgIpc) is 3.03. The Balaban J connectivity index is 1.96. The molecule has 6 heteroatoms. The van der Waals surface area contributed by atoms with Crippen LogP contribution in [0, 0.1) is 0 Å². The van der Waals surface area contributed by atoms with Crippen molar-refractivity contribution in [2.45, 2.75) is 57.9 Å². The van der Waals surface area contributed by atoms with E-state index in [1.807, 2.05) is 19.1 Å². The van der Waals surface area contributed by atoms with Gasteiger partial charge in [0.15, 0.2) is 17.5 Å². The molecule has 0 radical (unpaired) electrons. The summed E-state index contributed by atoms with van der Waals surface area (Å²) >= 11 is 2.06. The van der Waals surface area contributed by atoms with Crippen molar-refractivity contribution in [1.29, 1.82) is 0 Å². The lowest BCUT2D eigenvalue weighted by Gasteiger charge is -2.17. The van der Waals surface area contributed by atoms with Gasteiger partial charge in [-0.05, 0) is 56.6 Å². The van der Waals surface area contributed by atoms with Gasteiger partial charge in [0.25, 0.3) is 0 Å². The number of aliphatic imine (C=N–C) groups is 1. The second kappa shape index (κ2) is 10.4. The van der Waals surface area contributed by atoms with E-state index in [0.717, 1.165) is 23.3 Å². The first-order chi connectivity index (χ1) is 12.2. The number of rotatable bonds is 8. The molecule has 0 heterocycles. The maximum atomic E-state index is 9.80. The molecule has 2 rings (SSSR count). The summed E-state index contributed by atoms with van der Waals surface area (Å²) in [4.78, 5) is 4.70. The molecule has 2 unspecified atom stereocenters. The first-order valence-electron chi connectivity index (χ1n) is 9.27. The number of guanidine groups is 1. The van der Waals surface area contributed by atoms with Gasteiger partial charge < -0.3 is 20.5 Å². The van der Waals surface area contributed by atoms with E-state index < -0.39 is 0 Å². The van der Waals surface area contributed by atoms with Crippen LogP contribution in [0.25, 0.3) is 0 Å². The molecule has 0 aliphatic heterocycles. The molecule has 0 spiro atoms. The molecule has 3 N–H and O–H groups in total. The molecule has 25 heavy (non-hydrogen) atoms. The fourth-order valence-electron chi connectivity index (χ4n) is 3.07. The van der Waals surface area contributed by atoms with Gasteiger partial charge in [-0.1, -0.05) is 13.0 Å². The third-order valence-electron chi connectivity index (χ3n) is 4.22. The highest BCUT2D eigenvalue weighted by Crippen LogP contribution is 2.30. The van der Waals surface area contributed by atoms with Crippen LogP contribution >= 0.6 is 11.8 Å². The van der Waals surface area contributed by atoms with Gasteiger partial charge in [0.1, 0.15) is 0 Å².